The highest BCUT2D eigenvalue weighted by Crippen LogP contribution is 2.24. The van der Waals surface area contributed by atoms with Gasteiger partial charge in [0.1, 0.15) is 0 Å². The fraction of sp³-hybridized carbons (Fsp3) is 0.385. The predicted molar refractivity (Wildman–Crippen MR) is 66.7 cm³/mol. The molecule has 1 aromatic rings. The predicted octanol–water partition coefficient (Wildman–Crippen LogP) is 4.43. The molecule has 14 heavy (non-hydrogen) atoms. The summed E-state index contributed by atoms with van der Waals surface area (Å²) < 4.78 is 1.22. The molecule has 0 spiro atoms. The molecule has 0 radical (unpaired) electrons. The van der Waals surface area contributed by atoms with Gasteiger partial charge < -0.3 is 0 Å². The maximum atomic E-state index is 3.81. The first-order chi connectivity index (χ1) is 6.54. The van der Waals surface area contributed by atoms with Crippen molar-refractivity contribution in [2.45, 2.75) is 27.2 Å². The lowest BCUT2D eigenvalue weighted by Gasteiger charge is -2.11. The van der Waals surface area contributed by atoms with Gasteiger partial charge in [-0.1, -0.05) is 35.0 Å². The van der Waals surface area contributed by atoms with E-state index in [2.05, 4.69) is 55.4 Å². The topological polar surface area (TPSA) is 0 Å². The van der Waals surface area contributed by atoms with Crippen molar-refractivity contribution in [1.29, 1.82) is 0 Å². The molecule has 1 heteroatoms. The van der Waals surface area contributed by atoms with Gasteiger partial charge in [-0.05, 0) is 48.9 Å². The van der Waals surface area contributed by atoms with E-state index in [4.69, 9.17) is 0 Å². The Hall–Kier alpha value is -0.560. The monoisotopic (exact) mass is 252 g/mol. The third-order valence-electron chi connectivity index (χ3n) is 2.61. The quantitative estimate of drug-likeness (QED) is 0.699. The number of hydrogen-bond donors (Lipinski definition) is 0. The largest absolute Gasteiger partial charge is 0.103 e. The molecule has 1 atom stereocenters. The average molecular weight is 253 g/mol. The molecule has 0 aliphatic heterocycles. The second-order valence-electron chi connectivity index (χ2n) is 3.94. The Kier molecular flexibility index (Phi) is 3.94. The number of benzene rings is 1. The Morgan fingerprint density at radius 1 is 1.36 bits per heavy atom. The smallest absolute Gasteiger partial charge is 0.0210 e. The molecule has 0 fully saturated rings. The van der Waals surface area contributed by atoms with E-state index in [1.807, 2.05) is 6.08 Å². The Labute approximate surface area is 95.2 Å². The summed E-state index contributed by atoms with van der Waals surface area (Å²) in [4.78, 5) is 0. The second-order valence-corrected chi connectivity index (χ2v) is 4.80. The van der Waals surface area contributed by atoms with Gasteiger partial charge in [-0.25, -0.2) is 0 Å². The van der Waals surface area contributed by atoms with Gasteiger partial charge >= 0.3 is 0 Å². The Balaban J connectivity index is 2.97. The van der Waals surface area contributed by atoms with Crippen molar-refractivity contribution in [3.8, 4) is 0 Å². The highest BCUT2D eigenvalue weighted by Gasteiger charge is 2.05. The molecular formula is C13H17Br. The highest BCUT2D eigenvalue weighted by atomic mass is 79.9. The van der Waals surface area contributed by atoms with Gasteiger partial charge in [-0.15, -0.1) is 6.58 Å². The lowest BCUT2D eigenvalue weighted by Crippen LogP contribution is -1.98. The number of halogens is 1. The van der Waals surface area contributed by atoms with Crippen molar-refractivity contribution in [1.82, 2.24) is 0 Å². The van der Waals surface area contributed by atoms with E-state index in [-0.39, 0.29) is 0 Å². The van der Waals surface area contributed by atoms with Crippen LogP contribution in [0.25, 0.3) is 0 Å². The van der Waals surface area contributed by atoms with Crippen LogP contribution >= 0.6 is 15.9 Å². The summed E-state index contributed by atoms with van der Waals surface area (Å²) in [6.45, 7) is 10.3. The van der Waals surface area contributed by atoms with E-state index in [1.54, 1.807) is 0 Å². The number of allylic oxidation sites excluding steroid dienone is 1. The Bertz CT molecular complexity index is 339. The van der Waals surface area contributed by atoms with Gasteiger partial charge in [-0.2, -0.15) is 0 Å². The summed E-state index contributed by atoms with van der Waals surface area (Å²) in [5.41, 5.74) is 4.08. The van der Waals surface area contributed by atoms with Crippen molar-refractivity contribution < 1.29 is 0 Å². The normalized spacial score (nSPS) is 12.6. The Morgan fingerprint density at radius 2 is 1.93 bits per heavy atom. The maximum Gasteiger partial charge on any atom is 0.0210 e. The standard InChI is InChI=1S/C13H17Br/c1-5-9(2)6-12-7-10(3)11(4)8-13(12)14/h5,7-9H,1,6H2,2-4H3. The van der Waals surface area contributed by atoms with Crippen LogP contribution < -0.4 is 0 Å². The van der Waals surface area contributed by atoms with Crippen LogP contribution in [-0.4, -0.2) is 0 Å². The van der Waals surface area contributed by atoms with Crippen molar-refractivity contribution >= 4 is 15.9 Å². The van der Waals surface area contributed by atoms with Gasteiger partial charge in [-0.3, -0.25) is 0 Å². The molecule has 1 aromatic carbocycles. The minimum Gasteiger partial charge on any atom is -0.103 e. The van der Waals surface area contributed by atoms with Gasteiger partial charge in [0.2, 0.25) is 0 Å². The van der Waals surface area contributed by atoms with Crippen LogP contribution in [0.15, 0.2) is 29.3 Å². The summed E-state index contributed by atoms with van der Waals surface area (Å²) >= 11 is 3.60. The molecule has 76 valence electrons. The van der Waals surface area contributed by atoms with Gasteiger partial charge in [0.05, 0.1) is 0 Å². The van der Waals surface area contributed by atoms with Crippen LogP contribution in [0.2, 0.25) is 0 Å². The first kappa shape index (κ1) is 11.5. The van der Waals surface area contributed by atoms with Crippen LogP contribution in [0.4, 0.5) is 0 Å². The van der Waals surface area contributed by atoms with Crippen molar-refractivity contribution in [2.24, 2.45) is 5.92 Å². The zero-order valence-corrected chi connectivity index (χ0v) is 10.7. The van der Waals surface area contributed by atoms with E-state index in [1.165, 1.54) is 21.2 Å². The van der Waals surface area contributed by atoms with Crippen LogP contribution in [-0.2, 0) is 6.42 Å². The third kappa shape index (κ3) is 2.71. The molecule has 0 N–H and O–H groups in total. The number of rotatable bonds is 3. The maximum absolute atomic E-state index is 3.81. The van der Waals surface area contributed by atoms with Crippen LogP contribution in [0.3, 0.4) is 0 Å². The van der Waals surface area contributed by atoms with Crippen molar-refractivity contribution in [3.05, 3.63) is 46.0 Å². The molecule has 1 rings (SSSR count). The SMILES string of the molecule is C=CC(C)Cc1cc(C)c(C)cc1Br. The van der Waals surface area contributed by atoms with E-state index < -0.39 is 0 Å². The lowest BCUT2D eigenvalue weighted by atomic mass is 9.98. The fourth-order valence-corrected chi connectivity index (χ4v) is 2.05. The number of hydrogen-bond acceptors (Lipinski definition) is 0. The van der Waals surface area contributed by atoms with Crippen LogP contribution in [0.5, 0.6) is 0 Å². The van der Waals surface area contributed by atoms with E-state index >= 15 is 0 Å². The molecule has 0 heterocycles. The molecule has 0 saturated heterocycles. The summed E-state index contributed by atoms with van der Waals surface area (Å²) in [7, 11) is 0. The van der Waals surface area contributed by atoms with Gasteiger partial charge in [0.15, 0.2) is 0 Å². The summed E-state index contributed by atoms with van der Waals surface area (Å²) in [6.07, 6.45) is 3.06. The summed E-state index contributed by atoms with van der Waals surface area (Å²) in [6, 6.07) is 4.46. The third-order valence-corrected chi connectivity index (χ3v) is 3.35. The molecule has 1 unspecified atom stereocenters. The first-order valence-electron chi connectivity index (χ1n) is 4.92. The summed E-state index contributed by atoms with van der Waals surface area (Å²) in [5, 5.41) is 0. The molecule has 0 saturated carbocycles. The Morgan fingerprint density at radius 3 is 2.50 bits per heavy atom. The zero-order chi connectivity index (χ0) is 10.7. The van der Waals surface area contributed by atoms with Gasteiger partial charge in [0.25, 0.3) is 0 Å². The summed E-state index contributed by atoms with van der Waals surface area (Å²) in [5.74, 6) is 0.536. The fourth-order valence-electron chi connectivity index (χ4n) is 1.43. The van der Waals surface area contributed by atoms with E-state index in [9.17, 15) is 0 Å². The number of aryl methyl sites for hydroxylation is 2. The van der Waals surface area contributed by atoms with Crippen LogP contribution in [0, 0.1) is 19.8 Å². The molecule has 0 bridgehead atoms. The lowest BCUT2D eigenvalue weighted by molar-refractivity contribution is 0.722. The van der Waals surface area contributed by atoms with Gasteiger partial charge in [0, 0.05) is 4.47 Å². The molecule has 0 aromatic heterocycles. The van der Waals surface area contributed by atoms with Crippen molar-refractivity contribution in [2.75, 3.05) is 0 Å². The van der Waals surface area contributed by atoms with Crippen molar-refractivity contribution in [3.63, 3.8) is 0 Å². The highest BCUT2D eigenvalue weighted by molar-refractivity contribution is 9.10. The second kappa shape index (κ2) is 4.79. The average Bonchev–Trinajstić information content (AvgIpc) is 2.14. The molecule has 0 amide bonds. The first-order valence-corrected chi connectivity index (χ1v) is 5.72. The molecular weight excluding hydrogens is 236 g/mol. The minimum atomic E-state index is 0.536. The molecule has 0 nitrogen and oxygen atoms in total. The zero-order valence-electron chi connectivity index (χ0n) is 9.10. The minimum absolute atomic E-state index is 0.536. The molecule has 0 aliphatic carbocycles. The van der Waals surface area contributed by atoms with E-state index in [0.29, 0.717) is 5.92 Å². The van der Waals surface area contributed by atoms with Crippen LogP contribution in [0.1, 0.15) is 23.6 Å². The molecule has 0 aliphatic rings. The van der Waals surface area contributed by atoms with E-state index in [0.717, 1.165) is 6.42 Å².